The normalized spacial score (nSPS) is 12.1. The Bertz CT molecular complexity index is 329. The second-order valence-corrected chi connectivity index (χ2v) is 5.08. The highest BCUT2D eigenvalue weighted by atomic mass is 32.2. The summed E-state index contributed by atoms with van der Waals surface area (Å²) in [5, 5.41) is 5.94. The second-order valence-electron chi connectivity index (χ2n) is 3.91. The van der Waals surface area contributed by atoms with Crippen LogP contribution in [0.25, 0.3) is 0 Å². The summed E-state index contributed by atoms with van der Waals surface area (Å²) < 4.78 is 0. The van der Waals surface area contributed by atoms with Crippen molar-refractivity contribution in [2.24, 2.45) is 5.92 Å². The summed E-state index contributed by atoms with van der Waals surface area (Å²) >= 11 is 1.76. The van der Waals surface area contributed by atoms with Gasteiger partial charge in [-0.15, -0.1) is 11.8 Å². The molecule has 0 aliphatic carbocycles. The van der Waals surface area contributed by atoms with E-state index in [1.165, 1.54) is 4.90 Å². The first-order valence-electron chi connectivity index (χ1n) is 5.84. The summed E-state index contributed by atoms with van der Waals surface area (Å²) in [6, 6.07) is 10.2. The molecule has 0 spiro atoms. The molecule has 0 radical (unpaired) electrons. The molecule has 1 atom stereocenters. The van der Waals surface area contributed by atoms with Gasteiger partial charge in [0.1, 0.15) is 0 Å². The fourth-order valence-corrected chi connectivity index (χ4v) is 2.22. The number of thioether (sulfide) groups is 1. The maximum atomic E-state index is 11.6. The molecule has 1 aromatic rings. The van der Waals surface area contributed by atoms with E-state index < -0.39 is 0 Å². The topological polar surface area (TPSA) is 41.1 Å². The monoisotopic (exact) mass is 252 g/mol. The van der Waals surface area contributed by atoms with Gasteiger partial charge in [0.25, 0.3) is 0 Å². The Balaban J connectivity index is 2.14. The summed E-state index contributed by atoms with van der Waals surface area (Å²) in [5.41, 5.74) is 0. The van der Waals surface area contributed by atoms with Crippen LogP contribution in [0, 0.1) is 5.92 Å². The number of carbonyl (C=O) groups excluding carboxylic acids is 1. The number of hydrogen-bond donors (Lipinski definition) is 2. The molecule has 94 valence electrons. The lowest BCUT2D eigenvalue weighted by Crippen LogP contribution is -2.35. The third-order valence-corrected chi connectivity index (χ3v) is 3.38. The third-order valence-electron chi connectivity index (χ3n) is 2.37. The van der Waals surface area contributed by atoms with Crippen LogP contribution in [-0.4, -0.2) is 31.8 Å². The minimum Gasteiger partial charge on any atom is -0.355 e. The maximum Gasteiger partial charge on any atom is 0.224 e. The summed E-state index contributed by atoms with van der Waals surface area (Å²) in [5.74, 6) is 1.05. The molecule has 2 N–H and O–H groups in total. The molecule has 1 amide bonds. The molecule has 0 saturated heterocycles. The quantitative estimate of drug-likeness (QED) is 0.574. The highest BCUT2D eigenvalue weighted by Gasteiger charge is 2.10. The molecular weight excluding hydrogens is 232 g/mol. The third kappa shape index (κ3) is 5.75. The molecule has 0 saturated carbocycles. The van der Waals surface area contributed by atoms with Gasteiger partial charge < -0.3 is 10.6 Å². The Morgan fingerprint density at radius 1 is 1.35 bits per heavy atom. The van der Waals surface area contributed by atoms with Crippen LogP contribution in [0.5, 0.6) is 0 Å². The largest absolute Gasteiger partial charge is 0.355 e. The van der Waals surface area contributed by atoms with Crippen LogP contribution in [-0.2, 0) is 4.79 Å². The number of hydrogen-bond acceptors (Lipinski definition) is 3. The Labute approximate surface area is 107 Å². The fourth-order valence-electron chi connectivity index (χ4n) is 1.43. The van der Waals surface area contributed by atoms with E-state index in [-0.39, 0.29) is 11.8 Å². The summed E-state index contributed by atoms with van der Waals surface area (Å²) in [4.78, 5) is 12.8. The minimum absolute atomic E-state index is 0.0294. The van der Waals surface area contributed by atoms with Crippen LogP contribution in [0.4, 0.5) is 0 Å². The standard InChI is InChI=1S/C13H20N2OS/c1-11(10-14-2)13(16)15-8-9-17-12-6-4-3-5-7-12/h3-7,11,14H,8-10H2,1-2H3,(H,15,16). The van der Waals surface area contributed by atoms with E-state index in [1.54, 1.807) is 11.8 Å². The number of nitrogens with one attached hydrogen (secondary N) is 2. The summed E-state index contributed by atoms with van der Waals surface area (Å²) in [6.45, 7) is 3.36. The van der Waals surface area contributed by atoms with Gasteiger partial charge in [0.15, 0.2) is 0 Å². The van der Waals surface area contributed by atoms with Gasteiger partial charge >= 0.3 is 0 Å². The SMILES string of the molecule is CNCC(C)C(=O)NCCSc1ccccc1. The first kappa shape index (κ1) is 14.1. The van der Waals surface area contributed by atoms with Crippen molar-refractivity contribution in [2.75, 3.05) is 25.9 Å². The lowest BCUT2D eigenvalue weighted by molar-refractivity contribution is -0.124. The molecule has 0 aliphatic heterocycles. The van der Waals surface area contributed by atoms with Crippen molar-refractivity contribution in [3.05, 3.63) is 30.3 Å². The van der Waals surface area contributed by atoms with E-state index in [2.05, 4.69) is 22.8 Å². The molecule has 1 aromatic carbocycles. The van der Waals surface area contributed by atoms with Gasteiger partial charge in [0.05, 0.1) is 0 Å². The van der Waals surface area contributed by atoms with Crippen molar-refractivity contribution in [3.63, 3.8) is 0 Å². The predicted molar refractivity (Wildman–Crippen MR) is 73.3 cm³/mol. The van der Waals surface area contributed by atoms with Gasteiger partial charge in [-0.2, -0.15) is 0 Å². The molecule has 1 rings (SSSR count). The van der Waals surface area contributed by atoms with E-state index in [9.17, 15) is 4.79 Å². The Morgan fingerprint density at radius 3 is 2.71 bits per heavy atom. The van der Waals surface area contributed by atoms with E-state index in [1.807, 2.05) is 32.2 Å². The van der Waals surface area contributed by atoms with Gasteiger partial charge in [-0.25, -0.2) is 0 Å². The average molecular weight is 252 g/mol. The second kappa shape index (κ2) is 8.14. The minimum atomic E-state index is 0.0294. The Kier molecular flexibility index (Phi) is 6.74. The molecule has 3 nitrogen and oxygen atoms in total. The predicted octanol–water partition coefficient (Wildman–Crippen LogP) is 1.75. The van der Waals surface area contributed by atoms with Crippen molar-refractivity contribution in [2.45, 2.75) is 11.8 Å². The zero-order valence-corrected chi connectivity index (χ0v) is 11.2. The van der Waals surface area contributed by atoms with Crippen molar-refractivity contribution in [1.29, 1.82) is 0 Å². The molecule has 17 heavy (non-hydrogen) atoms. The van der Waals surface area contributed by atoms with Crippen molar-refractivity contribution >= 4 is 17.7 Å². The Hall–Kier alpha value is -1.00. The summed E-state index contributed by atoms with van der Waals surface area (Å²) in [7, 11) is 1.86. The van der Waals surface area contributed by atoms with E-state index in [4.69, 9.17) is 0 Å². The van der Waals surface area contributed by atoms with Gasteiger partial charge in [0.2, 0.25) is 5.91 Å². The molecule has 4 heteroatoms. The first-order valence-corrected chi connectivity index (χ1v) is 6.82. The van der Waals surface area contributed by atoms with Crippen LogP contribution < -0.4 is 10.6 Å². The molecular formula is C13H20N2OS. The zero-order chi connectivity index (χ0) is 12.5. The molecule has 0 heterocycles. The van der Waals surface area contributed by atoms with Gasteiger partial charge in [-0.1, -0.05) is 25.1 Å². The number of carbonyl (C=O) groups is 1. The average Bonchev–Trinajstić information content (AvgIpc) is 2.36. The van der Waals surface area contributed by atoms with Crippen molar-refractivity contribution in [1.82, 2.24) is 10.6 Å². The highest BCUT2D eigenvalue weighted by Crippen LogP contribution is 2.15. The van der Waals surface area contributed by atoms with Crippen molar-refractivity contribution in [3.8, 4) is 0 Å². The number of benzene rings is 1. The lowest BCUT2D eigenvalue weighted by Gasteiger charge is -2.11. The molecule has 1 unspecified atom stereocenters. The maximum absolute atomic E-state index is 11.6. The van der Waals surface area contributed by atoms with Crippen LogP contribution >= 0.6 is 11.8 Å². The molecule has 0 bridgehead atoms. The molecule has 0 aromatic heterocycles. The van der Waals surface area contributed by atoms with Gasteiger partial charge in [-0.3, -0.25) is 4.79 Å². The Morgan fingerprint density at radius 2 is 2.06 bits per heavy atom. The van der Waals surface area contributed by atoms with Crippen molar-refractivity contribution < 1.29 is 4.79 Å². The van der Waals surface area contributed by atoms with E-state index in [0.29, 0.717) is 6.54 Å². The van der Waals surface area contributed by atoms with E-state index >= 15 is 0 Å². The van der Waals surface area contributed by atoms with Crippen LogP contribution in [0.2, 0.25) is 0 Å². The van der Waals surface area contributed by atoms with Crippen LogP contribution in [0.3, 0.4) is 0 Å². The van der Waals surface area contributed by atoms with E-state index in [0.717, 1.165) is 12.3 Å². The number of rotatable bonds is 7. The fraction of sp³-hybridized carbons (Fsp3) is 0.462. The van der Waals surface area contributed by atoms with Crippen LogP contribution in [0.1, 0.15) is 6.92 Å². The lowest BCUT2D eigenvalue weighted by atomic mass is 10.1. The van der Waals surface area contributed by atoms with Crippen LogP contribution in [0.15, 0.2) is 35.2 Å². The van der Waals surface area contributed by atoms with Gasteiger partial charge in [-0.05, 0) is 19.2 Å². The van der Waals surface area contributed by atoms with Gasteiger partial charge in [0, 0.05) is 29.7 Å². The zero-order valence-electron chi connectivity index (χ0n) is 10.4. The highest BCUT2D eigenvalue weighted by molar-refractivity contribution is 7.99. The number of amides is 1. The first-order chi connectivity index (χ1) is 8.24. The summed E-state index contributed by atoms with van der Waals surface area (Å²) in [6.07, 6.45) is 0. The smallest absolute Gasteiger partial charge is 0.224 e. The molecule has 0 aliphatic rings. The molecule has 0 fully saturated rings.